The summed E-state index contributed by atoms with van der Waals surface area (Å²) in [5.41, 5.74) is 2.88. The van der Waals surface area contributed by atoms with Crippen LogP contribution in [0.5, 0.6) is 0 Å². The highest BCUT2D eigenvalue weighted by Gasteiger charge is 2.37. The van der Waals surface area contributed by atoms with Crippen molar-refractivity contribution < 1.29 is 4.74 Å². The van der Waals surface area contributed by atoms with Gasteiger partial charge in [-0.05, 0) is 31.6 Å². The van der Waals surface area contributed by atoms with Crippen LogP contribution in [0, 0.1) is 5.92 Å². The standard InChI is InChI=1S/C8H16N2O/c9-10-8(6-3-4-6)7-2-1-5-11-7/h6-8,10H,1-5,9H2. The maximum atomic E-state index is 5.56. The van der Waals surface area contributed by atoms with E-state index in [0.717, 1.165) is 12.5 Å². The molecule has 0 radical (unpaired) electrons. The van der Waals surface area contributed by atoms with E-state index in [-0.39, 0.29) is 0 Å². The predicted molar refractivity (Wildman–Crippen MR) is 42.8 cm³/mol. The molecule has 0 aromatic rings. The molecular weight excluding hydrogens is 140 g/mol. The van der Waals surface area contributed by atoms with Crippen molar-refractivity contribution in [2.24, 2.45) is 11.8 Å². The highest BCUT2D eigenvalue weighted by atomic mass is 16.5. The lowest BCUT2D eigenvalue weighted by molar-refractivity contribution is 0.0714. The largest absolute Gasteiger partial charge is 0.377 e. The van der Waals surface area contributed by atoms with E-state index in [0.29, 0.717) is 12.1 Å². The predicted octanol–water partition coefficient (Wildman–Crippen LogP) is 0.407. The second-order valence-corrected chi connectivity index (χ2v) is 3.58. The average Bonchev–Trinajstić information content (AvgIpc) is 2.68. The molecule has 3 N–H and O–H groups in total. The van der Waals surface area contributed by atoms with E-state index >= 15 is 0 Å². The van der Waals surface area contributed by atoms with Gasteiger partial charge in [-0.3, -0.25) is 11.3 Å². The summed E-state index contributed by atoms with van der Waals surface area (Å²) in [4.78, 5) is 0. The molecule has 2 fully saturated rings. The first-order valence-corrected chi connectivity index (χ1v) is 4.49. The summed E-state index contributed by atoms with van der Waals surface area (Å²) in [7, 11) is 0. The van der Waals surface area contributed by atoms with Crippen LogP contribution in [0.2, 0.25) is 0 Å². The van der Waals surface area contributed by atoms with Gasteiger partial charge in [0.25, 0.3) is 0 Å². The molecule has 2 atom stereocenters. The van der Waals surface area contributed by atoms with Crippen LogP contribution < -0.4 is 11.3 Å². The Morgan fingerprint density at radius 3 is 2.64 bits per heavy atom. The van der Waals surface area contributed by atoms with Crippen molar-refractivity contribution in [3.8, 4) is 0 Å². The Hall–Kier alpha value is -0.120. The second kappa shape index (κ2) is 3.09. The van der Waals surface area contributed by atoms with Crippen molar-refractivity contribution in [2.45, 2.75) is 37.8 Å². The van der Waals surface area contributed by atoms with Crippen LogP contribution in [-0.2, 0) is 4.74 Å². The van der Waals surface area contributed by atoms with E-state index < -0.39 is 0 Å². The van der Waals surface area contributed by atoms with Crippen molar-refractivity contribution in [1.29, 1.82) is 0 Å². The molecular formula is C8H16N2O. The molecule has 2 unspecified atom stereocenters. The molecule has 3 nitrogen and oxygen atoms in total. The minimum atomic E-state index is 0.396. The highest BCUT2D eigenvalue weighted by Crippen LogP contribution is 2.36. The molecule has 1 aliphatic carbocycles. The van der Waals surface area contributed by atoms with Gasteiger partial charge in [-0.15, -0.1) is 0 Å². The first kappa shape index (κ1) is 7.53. The van der Waals surface area contributed by atoms with Crippen molar-refractivity contribution in [3.63, 3.8) is 0 Å². The third-order valence-electron chi connectivity index (χ3n) is 2.69. The monoisotopic (exact) mass is 156 g/mol. The number of hydrogen-bond acceptors (Lipinski definition) is 3. The summed E-state index contributed by atoms with van der Waals surface area (Å²) in [6.07, 6.45) is 5.44. The van der Waals surface area contributed by atoms with Gasteiger partial charge in [0.05, 0.1) is 12.1 Å². The van der Waals surface area contributed by atoms with E-state index in [4.69, 9.17) is 10.6 Å². The molecule has 1 aliphatic heterocycles. The summed E-state index contributed by atoms with van der Waals surface area (Å²) in [6, 6.07) is 0.428. The highest BCUT2D eigenvalue weighted by molar-refractivity contribution is 4.91. The van der Waals surface area contributed by atoms with Gasteiger partial charge in [0.15, 0.2) is 0 Å². The Labute approximate surface area is 67.3 Å². The first-order valence-electron chi connectivity index (χ1n) is 4.49. The van der Waals surface area contributed by atoms with Crippen LogP contribution in [0.25, 0.3) is 0 Å². The van der Waals surface area contributed by atoms with Gasteiger partial charge in [0.1, 0.15) is 0 Å². The topological polar surface area (TPSA) is 47.3 Å². The molecule has 1 heterocycles. The van der Waals surface area contributed by atoms with Gasteiger partial charge in [-0.2, -0.15) is 0 Å². The van der Waals surface area contributed by atoms with Gasteiger partial charge < -0.3 is 4.74 Å². The molecule has 1 saturated carbocycles. The maximum Gasteiger partial charge on any atom is 0.0745 e. The van der Waals surface area contributed by atoms with Crippen molar-refractivity contribution in [3.05, 3.63) is 0 Å². The van der Waals surface area contributed by atoms with Crippen molar-refractivity contribution in [1.82, 2.24) is 5.43 Å². The molecule has 0 bridgehead atoms. The Balaban J connectivity index is 1.87. The Morgan fingerprint density at radius 1 is 1.36 bits per heavy atom. The number of ether oxygens (including phenoxy) is 1. The maximum absolute atomic E-state index is 5.56. The molecule has 0 spiro atoms. The van der Waals surface area contributed by atoms with Crippen molar-refractivity contribution >= 4 is 0 Å². The summed E-state index contributed by atoms with van der Waals surface area (Å²) >= 11 is 0. The number of hydrazine groups is 1. The summed E-state index contributed by atoms with van der Waals surface area (Å²) in [6.45, 7) is 0.926. The van der Waals surface area contributed by atoms with Gasteiger partial charge in [0.2, 0.25) is 0 Å². The van der Waals surface area contributed by atoms with E-state index in [1.807, 2.05) is 0 Å². The molecule has 2 aliphatic rings. The lowest BCUT2D eigenvalue weighted by Crippen LogP contribution is -2.45. The number of rotatable bonds is 3. The number of nitrogens with one attached hydrogen (secondary N) is 1. The zero-order valence-corrected chi connectivity index (χ0v) is 6.75. The SMILES string of the molecule is NNC(C1CC1)C1CCCO1. The third-order valence-corrected chi connectivity index (χ3v) is 2.69. The zero-order valence-electron chi connectivity index (χ0n) is 6.75. The van der Waals surface area contributed by atoms with E-state index in [1.165, 1.54) is 25.7 Å². The molecule has 64 valence electrons. The van der Waals surface area contributed by atoms with Crippen LogP contribution in [-0.4, -0.2) is 18.8 Å². The van der Waals surface area contributed by atoms with Crippen LogP contribution in [0.4, 0.5) is 0 Å². The van der Waals surface area contributed by atoms with Crippen molar-refractivity contribution in [2.75, 3.05) is 6.61 Å². The smallest absolute Gasteiger partial charge is 0.0745 e. The number of nitrogens with two attached hydrogens (primary N) is 1. The van der Waals surface area contributed by atoms with Gasteiger partial charge >= 0.3 is 0 Å². The minimum absolute atomic E-state index is 0.396. The average molecular weight is 156 g/mol. The Morgan fingerprint density at radius 2 is 2.18 bits per heavy atom. The van der Waals surface area contributed by atoms with Crippen LogP contribution in [0.1, 0.15) is 25.7 Å². The molecule has 0 aromatic carbocycles. The summed E-state index contributed by atoms with van der Waals surface area (Å²) < 4.78 is 5.56. The third kappa shape index (κ3) is 1.55. The summed E-state index contributed by atoms with van der Waals surface area (Å²) in [5, 5.41) is 0. The van der Waals surface area contributed by atoms with E-state index in [1.54, 1.807) is 0 Å². The van der Waals surface area contributed by atoms with Crippen LogP contribution >= 0.6 is 0 Å². The van der Waals surface area contributed by atoms with Crippen LogP contribution in [0.3, 0.4) is 0 Å². The Bertz CT molecular complexity index is 130. The molecule has 2 rings (SSSR count). The van der Waals surface area contributed by atoms with Gasteiger partial charge in [0, 0.05) is 6.61 Å². The minimum Gasteiger partial charge on any atom is -0.377 e. The summed E-state index contributed by atoms with van der Waals surface area (Å²) in [5.74, 6) is 6.26. The first-order chi connectivity index (χ1) is 5.42. The van der Waals surface area contributed by atoms with Crippen LogP contribution in [0.15, 0.2) is 0 Å². The second-order valence-electron chi connectivity index (χ2n) is 3.58. The molecule has 0 amide bonds. The fraction of sp³-hybridized carbons (Fsp3) is 1.00. The van der Waals surface area contributed by atoms with Gasteiger partial charge in [-0.25, -0.2) is 0 Å². The molecule has 3 heteroatoms. The van der Waals surface area contributed by atoms with E-state index in [9.17, 15) is 0 Å². The molecule has 1 saturated heterocycles. The zero-order chi connectivity index (χ0) is 7.68. The lowest BCUT2D eigenvalue weighted by Gasteiger charge is -2.21. The fourth-order valence-electron chi connectivity index (χ4n) is 1.89. The van der Waals surface area contributed by atoms with E-state index in [2.05, 4.69) is 5.43 Å². The fourth-order valence-corrected chi connectivity index (χ4v) is 1.89. The normalized spacial score (nSPS) is 34.1. The lowest BCUT2D eigenvalue weighted by atomic mass is 10.0. The molecule has 0 aromatic heterocycles. The quantitative estimate of drug-likeness (QED) is 0.459. The Kier molecular flexibility index (Phi) is 2.11. The number of hydrogen-bond donors (Lipinski definition) is 2. The molecule has 11 heavy (non-hydrogen) atoms. The van der Waals surface area contributed by atoms with Gasteiger partial charge in [-0.1, -0.05) is 0 Å².